The van der Waals surface area contributed by atoms with Crippen molar-refractivity contribution in [3.8, 4) is 5.75 Å². The van der Waals surface area contributed by atoms with Crippen molar-refractivity contribution in [1.82, 2.24) is 5.32 Å². The van der Waals surface area contributed by atoms with Crippen LogP contribution in [-0.4, -0.2) is 19.2 Å². The molecule has 0 spiro atoms. The van der Waals surface area contributed by atoms with Gasteiger partial charge in [0, 0.05) is 23.1 Å². The van der Waals surface area contributed by atoms with E-state index in [0.29, 0.717) is 5.41 Å². The normalized spacial score (nSPS) is 17.6. The molecule has 0 radical (unpaired) electrons. The number of methoxy groups -OCH3 is 1. The monoisotopic (exact) mass is 247 g/mol. The molecule has 0 heterocycles. The molecule has 1 aromatic rings. The Kier molecular flexibility index (Phi) is 3.41. The lowest BCUT2D eigenvalue weighted by Crippen LogP contribution is -2.41. The number of benzene rings is 1. The van der Waals surface area contributed by atoms with E-state index >= 15 is 0 Å². The zero-order chi connectivity index (χ0) is 13.4. The van der Waals surface area contributed by atoms with Crippen LogP contribution in [0.1, 0.15) is 44.7 Å². The third-order valence-electron chi connectivity index (χ3n) is 3.74. The van der Waals surface area contributed by atoms with Gasteiger partial charge in [0.2, 0.25) is 0 Å². The average molecular weight is 247 g/mol. The van der Waals surface area contributed by atoms with Gasteiger partial charge in [0.05, 0.1) is 7.11 Å². The number of rotatable bonds is 4. The Bertz CT molecular complexity index is 427. The van der Waals surface area contributed by atoms with Crippen LogP contribution in [0.5, 0.6) is 5.75 Å². The third kappa shape index (κ3) is 2.86. The summed E-state index contributed by atoms with van der Waals surface area (Å²) in [6, 6.07) is 6.51. The number of hydrogen-bond donors (Lipinski definition) is 1. The Morgan fingerprint density at radius 1 is 1.28 bits per heavy atom. The Morgan fingerprint density at radius 2 is 1.94 bits per heavy atom. The lowest BCUT2D eigenvalue weighted by Gasteiger charge is -2.26. The minimum Gasteiger partial charge on any atom is -0.496 e. The highest BCUT2D eigenvalue weighted by Gasteiger charge is 2.46. The first-order valence-electron chi connectivity index (χ1n) is 6.76. The van der Waals surface area contributed by atoms with Gasteiger partial charge in [-0.05, 0) is 46.6 Å². The predicted molar refractivity (Wildman–Crippen MR) is 76.4 cm³/mol. The second-order valence-corrected chi connectivity index (χ2v) is 6.59. The van der Waals surface area contributed by atoms with Gasteiger partial charge in [0.15, 0.2) is 0 Å². The summed E-state index contributed by atoms with van der Waals surface area (Å²) < 4.78 is 5.53. The van der Waals surface area contributed by atoms with Crippen molar-refractivity contribution in [3.63, 3.8) is 0 Å². The van der Waals surface area contributed by atoms with E-state index in [1.807, 2.05) is 0 Å². The molecule has 100 valence electrons. The maximum Gasteiger partial charge on any atom is 0.122 e. The summed E-state index contributed by atoms with van der Waals surface area (Å²) in [7, 11) is 1.77. The standard InChI is InChI=1S/C16H25NO/c1-12-6-7-14(18-5)13(10-12)16(8-9-16)11-17-15(2,3)4/h6-7,10,17H,8-9,11H2,1-5H3. The molecular weight excluding hydrogens is 222 g/mol. The molecule has 1 N–H and O–H groups in total. The summed E-state index contributed by atoms with van der Waals surface area (Å²) in [4.78, 5) is 0. The molecule has 1 aromatic carbocycles. The lowest BCUT2D eigenvalue weighted by atomic mass is 9.92. The van der Waals surface area contributed by atoms with E-state index in [4.69, 9.17) is 4.74 Å². The zero-order valence-corrected chi connectivity index (χ0v) is 12.3. The van der Waals surface area contributed by atoms with Crippen LogP contribution in [0.3, 0.4) is 0 Å². The van der Waals surface area contributed by atoms with Crippen molar-refractivity contribution >= 4 is 0 Å². The van der Waals surface area contributed by atoms with Gasteiger partial charge in [0.1, 0.15) is 5.75 Å². The van der Waals surface area contributed by atoms with Crippen molar-refractivity contribution in [3.05, 3.63) is 29.3 Å². The second-order valence-electron chi connectivity index (χ2n) is 6.59. The van der Waals surface area contributed by atoms with E-state index in [1.54, 1.807) is 7.11 Å². The topological polar surface area (TPSA) is 21.3 Å². The van der Waals surface area contributed by atoms with Crippen molar-refractivity contribution < 1.29 is 4.74 Å². The molecule has 0 bridgehead atoms. The second kappa shape index (κ2) is 4.58. The van der Waals surface area contributed by atoms with E-state index < -0.39 is 0 Å². The van der Waals surface area contributed by atoms with Crippen molar-refractivity contribution in [2.75, 3.05) is 13.7 Å². The summed E-state index contributed by atoms with van der Waals surface area (Å²) in [5.74, 6) is 1.04. The van der Waals surface area contributed by atoms with Gasteiger partial charge in [-0.15, -0.1) is 0 Å². The summed E-state index contributed by atoms with van der Waals surface area (Å²) in [5, 5.41) is 3.64. The van der Waals surface area contributed by atoms with E-state index in [9.17, 15) is 0 Å². The molecule has 0 saturated heterocycles. The zero-order valence-electron chi connectivity index (χ0n) is 12.3. The molecule has 2 heteroatoms. The largest absolute Gasteiger partial charge is 0.496 e. The Labute approximate surface area is 111 Å². The SMILES string of the molecule is COc1ccc(C)cc1C1(CNC(C)(C)C)CC1. The number of hydrogen-bond acceptors (Lipinski definition) is 2. The molecule has 0 aliphatic heterocycles. The molecule has 1 aliphatic carbocycles. The molecule has 2 nitrogen and oxygen atoms in total. The molecular formula is C16H25NO. The predicted octanol–water partition coefficient (Wildman–Crippen LogP) is 3.42. The number of aryl methyl sites for hydroxylation is 1. The van der Waals surface area contributed by atoms with Crippen LogP contribution in [0, 0.1) is 6.92 Å². The minimum absolute atomic E-state index is 0.173. The van der Waals surface area contributed by atoms with Crippen LogP contribution in [0.25, 0.3) is 0 Å². The first-order chi connectivity index (χ1) is 8.36. The highest BCUT2D eigenvalue weighted by Crippen LogP contribution is 2.51. The van der Waals surface area contributed by atoms with Crippen molar-refractivity contribution in [1.29, 1.82) is 0 Å². The molecule has 1 aliphatic rings. The van der Waals surface area contributed by atoms with Crippen LogP contribution in [0.15, 0.2) is 18.2 Å². The van der Waals surface area contributed by atoms with Crippen molar-refractivity contribution in [2.24, 2.45) is 0 Å². The van der Waals surface area contributed by atoms with E-state index in [0.717, 1.165) is 12.3 Å². The van der Waals surface area contributed by atoms with Gasteiger partial charge in [-0.2, -0.15) is 0 Å². The molecule has 1 saturated carbocycles. The fraction of sp³-hybridized carbons (Fsp3) is 0.625. The van der Waals surface area contributed by atoms with Crippen LogP contribution < -0.4 is 10.1 Å². The van der Waals surface area contributed by atoms with Crippen molar-refractivity contribution in [2.45, 2.75) is 51.5 Å². The van der Waals surface area contributed by atoms with Gasteiger partial charge in [-0.1, -0.05) is 17.7 Å². The Balaban J connectivity index is 2.22. The van der Waals surface area contributed by atoms with E-state index in [-0.39, 0.29) is 5.54 Å². The molecule has 18 heavy (non-hydrogen) atoms. The van der Waals surface area contributed by atoms with Crippen LogP contribution in [-0.2, 0) is 5.41 Å². The summed E-state index contributed by atoms with van der Waals surface area (Å²) in [6.45, 7) is 9.84. The maximum atomic E-state index is 5.53. The Hall–Kier alpha value is -1.02. The Morgan fingerprint density at radius 3 is 2.44 bits per heavy atom. The summed E-state index contributed by atoms with van der Waals surface area (Å²) in [6.07, 6.45) is 2.52. The number of ether oxygens (including phenoxy) is 1. The fourth-order valence-electron chi connectivity index (χ4n) is 2.36. The molecule has 0 unspecified atom stereocenters. The lowest BCUT2D eigenvalue weighted by molar-refractivity contribution is 0.380. The average Bonchev–Trinajstić information content (AvgIpc) is 3.06. The summed E-state index contributed by atoms with van der Waals surface area (Å²) in [5.41, 5.74) is 3.16. The van der Waals surface area contributed by atoms with Gasteiger partial charge in [0.25, 0.3) is 0 Å². The van der Waals surface area contributed by atoms with E-state index in [2.05, 4.69) is 51.2 Å². The molecule has 0 amide bonds. The molecule has 0 atom stereocenters. The van der Waals surface area contributed by atoms with Gasteiger partial charge in [-0.3, -0.25) is 0 Å². The first-order valence-corrected chi connectivity index (χ1v) is 6.76. The third-order valence-corrected chi connectivity index (χ3v) is 3.74. The highest BCUT2D eigenvalue weighted by atomic mass is 16.5. The summed E-state index contributed by atoms with van der Waals surface area (Å²) >= 11 is 0. The quantitative estimate of drug-likeness (QED) is 0.880. The van der Waals surface area contributed by atoms with Gasteiger partial charge in [-0.25, -0.2) is 0 Å². The van der Waals surface area contributed by atoms with E-state index in [1.165, 1.54) is 24.0 Å². The van der Waals surface area contributed by atoms with Gasteiger partial charge < -0.3 is 10.1 Å². The first kappa shape index (κ1) is 13.4. The number of nitrogens with one attached hydrogen (secondary N) is 1. The molecule has 1 fully saturated rings. The fourth-order valence-corrected chi connectivity index (χ4v) is 2.36. The van der Waals surface area contributed by atoms with Crippen LogP contribution in [0.4, 0.5) is 0 Å². The maximum absolute atomic E-state index is 5.53. The minimum atomic E-state index is 0.173. The van der Waals surface area contributed by atoms with Crippen LogP contribution in [0.2, 0.25) is 0 Å². The van der Waals surface area contributed by atoms with Crippen LogP contribution >= 0.6 is 0 Å². The smallest absolute Gasteiger partial charge is 0.122 e. The molecule has 0 aromatic heterocycles. The highest BCUT2D eigenvalue weighted by molar-refractivity contribution is 5.45. The molecule has 2 rings (SSSR count). The van der Waals surface area contributed by atoms with Gasteiger partial charge >= 0.3 is 0 Å².